The van der Waals surface area contributed by atoms with Gasteiger partial charge in [0, 0.05) is 6.54 Å². The van der Waals surface area contributed by atoms with Crippen molar-refractivity contribution in [3.8, 4) is 0 Å². The van der Waals surface area contributed by atoms with Gasteiger partial charge in [-0.25, -0.2) is 0 Å². The zero-order valence-electron chi connectivity index (χ0n) is 10.6. The fourth-order valence-corrected chi connectivity index (χ4v) is 2.49. The second-order valence-corrected chi connectivity index (χ2v) is 4.98. The van der Waals surface area contributed by atoms with Crippen molar-refractivity contribution in [2.75, 3.05) is 40.3 Å². The number of likely N-dealkylation sites (tertiary alicyclic amines) is 1. The summed E-state index contributed by atoms with van der Waals surface area (Å²) < 4.78 is 0. The van der Waals surface area contributed by atoms with E-state index in [2.05, 4.69) is 11.8 Å². The van der Waals surface area contributed by atoms with Crippen LogP contribution in [0.3, 0.4) is 0 Å². The molecule has 1 unspecified atom stereocenters. The maximum absolute atomic E-state index is 11.2. The Morgan fingerprint density at radius 2 is 2.00 bits per heavy atom. The van der Waals surface area contributed by atoms with Crippen LogP contribution in [0, 0.1) is 11.8 Å². The van der Waals surface area contributed by atoms with Crippen LogP contribution in [0.15, 0.2) is 0 Å². The first kappa shape index (κ1) is 13.5. The second-order valence-electron chi connectivity index (χ2n) is 4.98. The van der Waals surface area contributed by atoms with E-state index in [1.807, 2.05) is 19.0 Å². The molecule has 94 valence electrons. The Bertz CT molecular complexity index is 223. The maximum atomic E-state index is 11.2. The molecule has 1 heterocycles. The molecule has 1 rings (SSSR count). The number of nitrogens with zero attached hydrogens (tertiary/aromatic N) is 2. The first-order chi connectivity index (χ1) is 7.54. The van der Waals surface area contributed by atoms with Gasteiger partial charge in [0.2, 0.25) is 0 Å². The standard InChI is InChI=1S/C12H24N2O2/c1-4-14-7-5-10(6-8-14)11(12(15)16)9-13(2)3/h10-11H,4-9H2,1-3H3,(H,15,16). The zero-order valence-corrected chi connectivity index (χ0v) is 10.6. The summed E-state index contributed by atoms with van der Waals surface area (Å²) >= 11 is 0. The normalized spacial score (nSPS) is 21.2. The number of aliphatic carboxylic acids is 1. The highest BCUT2D eigenvalue weighted by Crippen LogP contribution is 2.25. The van der Waals surface area contributed by atoms with E-state index in [4.69, 9.17) is 0 Å². The lowest BCUT2D eigenvalue weighted by atomic mass is 9.84. The van der Waals surface area contributed by atoms with Crippen LogP contribution in [0.25, 0.3) is 0 Å². The highest BCUT2D eigenvalue weighted by atomic mass is 16.4. The van der Waals surface area contributed by atoms with Crippen LogP contribution >= 0.6 is 0 Å². The molecule has 1 N–H and O–H groups in total. The summed E-state index contributed by atoms with van der Waals surface area (Å²) in [5, 5.41) is 9.26. The van der Waals surface area contributed by atoms with Crippen LogP contribution in [0.5, 0.6) is 0 Å². The molecule has 0 bridgehead atoms. The Hall–Kier alpha value is -0.610. The number of carboxylic acids is 1. The Kier molecular flexibility index (Phi) is 5.22. The fourth-order valence-electron chi connectivity index (χ4n) is 2.49. The predicted molar refractivity (Wildman–Crippen MR) is 64.5 cm³/mol. The lowest BCUT2D eigenvalue weighted by molar-refractivity contribution is -0.145. The van der Waals surface area contributed by atoms with Crippen molar-refractivity contribution in [3.05, 3.63) is 0 Å². The Labute approximate surface area is 98.2 Å². The van der Waals surface area contributed by atoms with Gasteiger partial charge in [0.1, 0.15) is 0 Å². The van der Waals surface area contributed by atoms with Crippen LogP contribution < -0.4 is 0 Å². The van der Waals surface area contributed by atoms with Gasteiger partial charge in [-0.1, -0.05) is 6.92 Å². The van der Waals surface area contributed by atoms with E-state index in [9.17, 15) is 9.90 Å². The molecule has 1 atom stereocenters. The molecule has 0 saturated carbocycles. The van der Waals surface area contributed by atoms with Crippen molar-refractivity contribution < 1.29 is 9.90 Å². The molecule has 0 spiro atoms. The summed E-state index contributed by atoms with van der Waals surface area (Å²) in [6.45, 7) is 6.01. The highest BCUT2D eigenvalue weighted by Gasteiger charge is 2.31. The lowest BCUT2D eigenvalue weighted by Gasteiger charge is -2.34. The zero-order chi connectivity index (χ0) is 12.1. The largest absolute Gasteiger partial charge is 0.481 e. The van der Waals surface area contributed by atoms with Gasteiger partial charge < -0.3 is 14.9 Å². The SMILES string of the molecule is CCN1CCC(C(CN(C)C)C(=O)O)CC1. The van der Waals surface area contributed by atoms with Crippen molar-refractivity contribution in [1.82, 2.24) is 9.80 Å². The Morgan fingerprint density at radius 1 is 1.44 bits per heavy atom. The van der Waals surface area contributed by atoms with Gasteiger partial charge in [0.25, 0.3) is 0 Å². The third kappa shape index (κ3) is 3.76. The highest BCUT2D eigenvalue weighted by molar-refractivity contribution is 5.70. The quantitative estimate of drug-likeness (QED) is 0.762. The Morgan fingerprint density at radius 3 is 2.38 bits per heavy atom. The second kappa shape index (κ2) is 6.21. The number of carboxylic acid groups (broad SMARTS) is 1. The molecule has 1 aliphatic heterocycles. The van der Waals surface area contributed by atoms with E-state index in [0.29, 0.717) is 12.5 Å². The molecule has 0 aromatic carbocycles. The van der Waals surface area contributed by atoms with Crippen molar-refractivity contribution in [3.63, 3.8) is 0 Å². The average molecular weight is 228 g/mol. The molecular formula is C12H24N2O2. The van der Waals surface area contributed by atoms with Gasteiger partial charge in [-0.2, -0.15) is 0 Å². The molecule has 1 fully saturated rings. The summed E-state index contributed by atoms with van der Waals surface area (Å²) in [5.41, 5.74) is 0. The lowest BCUT2D eigenvalue weighted by Crippen LogP contribution is -2.41. The molecule has 0 aliphatic carbocycles. The van der Waals surface area contributed by atoms with Gasteiger partial charge >= 0.3 is 5.97 Å². The minimum Gasteiger partial charge on any atom is -0.481 e. The van der Waals surface area contributed by atoms with Crippen LogP contribution in [-0.2, 0) is 4.79 Å². The average Bonchev–Trinajstić information content (AvgIpc) is 2.25. The molecule has 1 aliphatic rings. The molecule has 0 aromatic rings. The van der Waals surface area contributed by atoms with Gasteiger partial charge in [-0.15, -0.1) is 0 Å². The van der Waals surface area contributed by atoms with Crippen molar-refractivity contribution >= 4 is 5.97 Å². The number of hydrogen-bond donors (Lipinski definition) is 1. The summed E-state index contributed by atoms with van der Waals surface area (Å²) in [6, 6.07) is 0. The van der Waals surface area contributed by atoms with E-state index < -0.39 is 5.97 Å². The third-order valence-electron chi connectivity index (χ3n) is 3.53. The minimum absolute atomic E-state index is 0.200. The first-order valence-electron chi connectivity index (χ1n) is 6.14. The molecule has 1 saturated heterocycles. The number of rotatable bonds is 5. The third-order valence-corrected chi connectivity index (χ3v) is 3.53. The summed E-state index contributed by atoms with van der Waals surface area (Å²) in [4.78, 5) is 15.6. The number of piperidine rings is 1. The molecular weight excluding hydrogens is 204 g/mol. The predicted octanol–water partition coefficient (Wildman–Crippen LogP) is 0.981. The summed E-state index contributed by atoms with van der Waals surface area (Å²) in [7, 11) is 3.88. The molecule has 0 aromatic heterocycles. The Balaban J connectivity index is 2.50. The monoisotopic (exact) mass is 228 g/mol. The molecule has 4 heteroatoms. The van der Waals surface area contributed by atoms with E-state index in [1.54, 1.807) is 0 Å². The molecule has 4 nitrogen and oxygen atoms in total. The van der Waals surface area contributed by atoms with Crippen LogP contribution in [0.2, 0.25) is 0 Å². The van der Waals surface area contributed by atoms with Gasteiger partial charge in [0.15, 0.2) is 0 Å². The first-order valence-corrected chi connectivity index (χ1v) is 6.14. The van der Waals surface area contributed by atoms with Crippen LogP contribution in [0.1, 0.15) is 19.8 Å². The van der Waals surface area contributed by atoms with E-state index in [0.717, 1.165) is 32.5 Å². The van der Waals surface area contributed by atoms with Gasteiger partial charge in [-0.05, 0) is 52.5 Å². The smallest absolute Gasteiger partial charge is 0.308 e. The topological polar surface area (TPSA) is 43.8 Å². The number of hydrogen-bond acceptors (Lipinski definition) is 3. The van der Waals surface area contributed by atoms with Crippen molar-refractivity contribution in [2.45, 2.75) is 19.8 Å². The van der Waals surface area contributed by atoms with E-state index in [1.165, 1.54) is 0 Å². The van der Waals surface area contributed by atoms with Crippen LogP contribution in [-0.4, -0.2) is 61.2 Å². The fraction of sp³-hybridized carbons (Fsp3) is 0.917. The van der Waals surface area contributed by atoms with E-state index >= 15 is 0 Å². The van der Waals surface area contributed by atoms with E-state index in [-0.39, 0.29) is 5.92 Å². The van der Waals surface area contributed by atoms with Gasteiger partial charge in [0.05, 0.1) is 5.92 Å². The summed E-state index contributed by atoms with van der Waals surface area (Å²) in [6.07, 6.45) is 2.05. The number of carbonyl (C=O) groups is 1. The van der Waals surface area contributed by atoms with Crippen LogP contribution in [0.4, 0.5) is 0 Å². The summed E-state index contributed by atoms with van der Waals surface area (Å²) in [5.74, 6) is -0.486. The van der Waals surface area contributed by atoms with Crippen molar-refractivity contribution in [2.24, 2.45) is 11.8 Å². The minimum atomic E-state index is -0.636. The van der Waals surface area contributed by atoms with Crippen molar-refractivity contribution in [1.29, 1.82) is 0 Å². The maximum Gasteiger partial charge on any atom is 0.308 e. The molecule has 0 radical (unpaired) electrons. The van der Waals surface area contributed by atoms with Gasteiger partial charge in [-0.3, -0.25) is 4.79 Å². The molecule has 16 heavy (non-hydrogen) atoms. The molecule has 0 amide bonds.